The molecule has 0 aromatic heterocycles. The fourth-order valence-electron chi connectivity index (χ4n) is 2.16. The first-order valence-corrected chi connectivity index (χ1v) is 5.47. The molecule has 1 aromatic rings. The van der Waals surface area contributed by atoms with Crippen molar-refractivity contribution in [2.24, 2.45) is 0 Å². The van der Waals surface area contributed by atoms with Gasteiger partial charge in [0.05, 0.1) is 13.5 Å². The number of halogens is 1. The topological polar surface area (TPSA) is 43.4 Å². The number of hydrogen-bond acceptors (Lipinski definition) is 3. The first-order chi connectivity index (χ1) is 8.10. The number of benzene rings is 1. The molecule has 2 rings (SSSR count). The van der Waals surface area contributed by atoms with Crippen LogP contribution in [0.1, 0.15) is 30.7 Å². The largest absolute Gasteiger partial charge is 0.494 e. The quantitative estimate of drug-likeness (QED) is 0.739. The van der Waals surface area contributed by atoms with Gasteiger partial charge in [-0.1, -0.05) is 6.07 Å². The minimum atomic E-state index is -0.463. The van der Waals surface area contributed by atoms with E-state index in [2.05, 4.69) is 0 Å². The summed E-state index contributed by atoms with van der Waals surface area (Å²) in [6, 6.07) is 4.57. The van der Waals surface area contributed by atoms with Crippen LogP contribution in [-0.2, 0) is 9.59 Å². The molecule has 1 saturated carbocycles. The van der Waals surface area contributed by atoms with Crippen molar-refractivity contribution in [1.29, 1.82) is 0 Å². The SMILES string of the molecule is COc1ccc(C2CC(=O)CC(=O)C2)cc1F. The van der Waals surface area contributed by atoms with Crippen LogP contribution in [0.3, 0.4) is 0 Å². The molecule has 1 aliphatic carbocycles. The van der Waals surface area contributed by atoms with E-state index >= 15 is 0 Å². The Morgan fingerprint density at radius 1 is 1.24 bits per heavy atom. The van der Waals surface area contributed by atoms with E-state index in [1.807, 2.05) is 0 Å². The summed E-state index contributed by atoms with van der Waals surface area (Å²) in [7, 11) is 1.39. The molecule has 0 heterocycles. The van der Waals surface area contributed by atoms with E-state index in [4.69, 9.17) is 4.74 Å². The molecular formula is C13H13FO3. The Kier molecular flexibility index (Phi) is 3.22. The lowest BCUT2D eigenvalue weighted by Gasteiger charge is -2.20. The van der Waals surface area contributed by atoms with Gasteiger partial charge < -0.3 is 4.74 Å². The maximum atomic E-state index is 13.5. The van der Waals surface area contributed by atoms with Gasteiger partial charge in [0.1, 0.15) is 11.6 Å². The first-order valence-electron chi connectivity index (χ1n) is 5.47. The summed E-state index contributed by atoms with van der Waals surface area (Å²) in [6.45, 7) is 0. The van der Waals surface area contributed by atoms with Gasteiger partial charge in [-0.25, -0.2) is 4.39 Å². The number of Topliss-reactive ketones (excluding diaryl/α,β-unsaturated/α-hetero) is 2. The number of hydrogen-bond donors (Lipinski definition) is 0. The van der Waals surface area contributed by atoms with Gasteiger partial charge in [0.2, 0.25) is 0 Å². The van der Waals surface area contributed by atoms with Crippen LogP contribution in [0.15, 0.2) is 18.2 Å². The highest BCUT2D eigenvalue weighted by Gasteiger charge is 2.27. The molecule has 0 unspecified atom stereocenters. The van der Waals surface area contributed by atoms with Crippen molar-refractivity contribution >= 4 is 11.6 Å². The van der Waals surface area contributed by atoms with Gasteiger partial charge in [0, 0.05) is 12.8 Å². The number of ether oxygens (including phenoxy) is 1. The lowest BCUT2D eigenvalue weighted by molar-refractivity contribution is -0.130. The Hall–Kier alpha value is -1.71. The number of rotatable bonds is 2. The predicted molar refractivity (Wildman–Crippen MR) is 59.6 cm³/mol. The molecule has 0 saturated heterocycles. The summed E-state index contributed by atoms with van der Waals surface area (Å²) in [5, 5.41) is 0. The fourth-order valence-corrected chi connectivity index (χ4v) is 2.16. The van der Waals surface area contributed by atoms with Crippen LogP contribution in [-0.4, -0.2) is 18.7 Å². The zero-order valence-electron chi connectivity index (χ0n) is 9.53. The van der Waals surface area contributed by atoms with Crippen molar-refractivity contribution in [3.05, 3.63) is 29.6 Å². The summed E-state index contributed by atoms with van der Waals surface area (Å²) < 4.78 is 18.3. The Labute approximate surface area is 98.6 Å². The molecule has 1 fully saturated rings. The van der Waals surface area contributed by atoms with Crippen molar-refractivity contribution in [2.75, 3.05) is 7.11 Å². The molecule has 0 N–H and O–H groups in total. The number of methoxy groups -OCH3 is 1. The van der Waals surface area contributed by atoms with Crippen molar-refractivity contribution in [2.45, 2.75) is 25.2 Å². The predicted octanol–water partition coefficient (Wildman–Crippen LogP) is 2.24. The normalized spacial score (nSPS) is 17.3. The van der Waals surface area contributed by atoms with Gasteiger partial charge in [0.25, 0.3) is 0 Å². The van der Waals surface area contributed by atoms with Crippen LogP contribution >= 0.6 is 0 Å². The van der Waals surface area contributed by atoms with E-state index in [1.165, 1.54) is 19.2 Å². The second kappa shape index (κ2) is 4.65. The third-order valence-corrected chi connectivity index (χ3v) is 2.99. The van der Waals surface area contributed by atoms with Crippen molar-refractivity contribution in [3.63, 3.8) is 0 Å². The molecule has 0 spiro atoms. The van der Waals surface area contributed by atoms with Crippen LogP contribution in [0.4, 0.5) is 4.39 Å². The summed E-state index contributed by atoms with van der Waals surface area (Å²) in [5.74, 6) is -0.619. The minimum absolute atomic E-state index is 0.0230. The fraction of sp³-hybridized carbons (Fsp3) is 0.385. The average Bonchev–Trinajstić information content (AvgIpc) is 2.27. The summed E-state index contributed by atoms with van der Waals surface area (Å²) in [5.41, 5.74) is 0.685. The minimum Gasteiger partial charge on any atom is -0.494 e. The van der Waals surface area contributed by atoms with E-state index in [0.717, 1.165) is 0 Å². The second-order valence-electron chi connectivity index (χ2n) is 4.25. The zero-order valence-corrected chi connectivity index (χ0v) is 9.53. The molecule has 1 aliphatic rings. The number of carbonyl (C=O) groups excluding carboxylic acids is 2. The van der Waals surface area contributed by atoms with Gasteiger partial charge >= 0.3 is 0 Å². The molecule has 4 heteroatoms. The van der Waals surface area contributed by atoms with E-state index in [0.29, 0.717) is 18.4 Å². The molecular weight excluding hydrogens is 223 g/mol. The van der Waals surface area contributed by atoms with Gasteiger partial charge in [-0.15, -0.1) is 0 Å². The Morgan fingerprint density at radius 2 is 1.88 bits per heavy atom. The molecule has 17 heavy (non-hydrogen) atoms. The lowest BCUT2D eigenvalue weighted by Crippen LogP contribution is -2.21. The van der Waals surface area contributed by atoms with E-state index in [-0.39, 0.29) is 29.7 Å². The summed E-state index contributed by atoms with van der Waals surface area (Å²) >= 11 is 0. The van der Waals surface area contributed by atoms with Gasteiger partial charge in [-0.3, -0.25) is 9.59 Å². The Balaban J connectivity index is 2.25. The number of carbonyl (C=O) groups is 2. The molecule has 3 nitrogen and oxygen atoms in total. The molecule has 0 amide bonds. The molecule has 0 bridgehead atoms. The standard InChI is InChI=1S/C13H13FO3/c1-17-13-3-2-8(6-12(13)14)9-4-10(15)7-11(16)5-9/h2-3,6,9H,4-5,7H2,1H3. The van der Waals surface area contributed by atoms with Crippen LogP contribution < -0.4 is 4.74 Å². The van der Waals surface area contributed by atoms with Crippen molar-refractivity contribution in [1.82, 2.24) is 0 Å². The van der Waals surface area contributed by atoms with E-state index in [9.17, 15) is 14.0 Å². The highest BCUT2D eigenvalue weighted by molar-refractivity contribution is 6.02. The Bertz CT molecular complexity index is 452. The van der Waals surface area contributed by atoms with Crippen molar-refractivity contribution < 1.29 is 18.7 Å². The summed E-state index contributed by atoms with van der Waals surface area (Å²) in [6.07, 6.45) is 0.657. The molecule has 90 valence electrons. The molecule has 0 aliphatic heterocycles. The zero-order chi connectivity index (χ0) is 12.4. The van der Waals surface area contributed by atoms with E-state index in [1.54, 1.807) is 6.07 Å². The number of ketones is 2. The second-order valence-corrected chi connectivity index (χ2v) is 4.25. The monoisotopic (exact) mass is 236 g/mol. The third kappa shape index (κ3) is 2.52. The highest BCUT2D eigenvalue weighted by atomic mass is 19.1. The van der Waals surface area contributed by atoms with Crippen molar-refractivity contribution in [3.8, 4) is 5.75 Å². The van der Waals surface area contributed by atoms with Crippen LogP contribution in [0.25, 0.3) is 0 Å². The highest BCUT2D eigenvalue weighted by Crippen LogP contribution is 2.31. The van der Waals surface area contributed by atoms with Crippen LogP contribution in [0.2, 0.25) is 0 Å². The molecule has 1 aromatic carbocycles. The summed E-state index contributed by atoms with van der Waals surface area (Å²) in [4.78, 5) is 22.7. The van der Waals surface area contributed by atoms with Gasteiger partial charge in [-0.05, 0) is 23.6 Å². The smallest absolute Gasteiger partial charge is 0.165 e. The Morgan fingerprint density at radius 3 is 2.41 bits per heavy atom. The molecule has 0 atom stereocenters. The van der Waals surface area contributed by atoms with Gasteiger partial charge in [0.15, 0.2) is 11.6 Å². The van der Waals surface area contributed by atoms with Crippen LogP contribution in [0, 0.1) is 5.82 Å². The lowest BCUT2D eigenvalue weighted by atomic mass is 9.82. The third-order valence-electron chi connectivity index (χ3n) is 2.99. The maximum Gasteiger partial charge on any atom is 0.165 e. The van der Waals surface area contributed by atoms with Gasteiger partial charge in [-0.2, -0.15) is 0 Å². The van der Waals surface area contributed by atoms with E-state index < -0.39 is 5.82 Å². The van der Waals surface area contributed by atoms with Crippen LogP contribution in [0.5, 0.6) is 5.75 Å². The first kappa shape index (κ1) is 11.8. The molecule has 0 radical (unpaired) electrons. The maximum absolute atomic E-state index is 13.5. The average molecular weight is 236 g/mol.